The molecule has 2 aromatic rings. The Hall–Kier alpha value is -1.03. The van der Waals surface area contributed by atoms with Gasteiger partial charge in [0.2, 0.25) is 0 Å². The molecule has 0 amide bonds. The molecule has 0 fully saturated rings. The molecule has 0 saturated carbocycles. The van der Waals surface area contributed by atoms with E-state index in [9.17, 15) is 0 Å². The Morgan fingerprint density at radius 1 is 1.29 bits per heavy atom. The summed E-state index contributed by atoms with van der Waals surface area (Å²) in [5.74, 6) is 0.788. The maximum Gasteiger partial charge on any atom is 0.120 e. The first-order valence-corrected chi connectivity index (χ1v) is 8.40. The molecule has 2 nitrogen and oxygen atoms in total. The molecule has 1 unspecified atom stereocenters. The number of hydrogen-bond acceptors (Lipinski definition) is 3. The van der Waals surface area contributed by atoms with Gasteiger partial charge in [0.15, 0.2) is 0 Å². The van der Waals surface area contributed by atoms with E-state index in [1.807, 2.05) is 23.5 Å². The summed E-state index contributed by atoms with van der Waals surface area (Å²) in [6.07, 6.45) is 1.09. The van der Waals surface area contributed by atoms with Crippen LogP contribution in [0.3, 0.4) is 0 Å². The second-order valence-corrected chi connectivity index (χ2v) is 6.86. The predicted octanol–water partition coefficient (Wildman–Crippen LogP) is 5.12. The van der Waals surface area contributed by atoms with Gasteiger partial charge in [-0.25, -0.2) is 0 Å². The minimum absolute atomic E-state index is 0.140. The van der Waals surface area contributed by atoms with Crippen molar-refractivity contribution in [2.75, 3.05) is 13.7 Å². The molecule has 0 saturated heterocycles. The van der Waals surface area contributed by atoms with E-state index in [4.69, 9.17) is 16.3 Å². The minimum atomic E-state index is 0.140. The molecule has 114 valence electrons. The standard InChI is InChI=1S/C17H22ClNOS/c1-5-8-19-17(16-9-11(2)12(3)21-16)14-7-6-13(20-4)10-15(14)18/h6-7,9-10,17,19H,5,8H2,1-4H3. The van der Waals surface area contributed by atoms with Gasteiger partial charge in [-0.1, -0.05) is 24.6 Å². The normalized spacial score (nSPS) is 12.4. The zero-order valence-electron chi connectivity index (χ0n) is 13.0. The fourth-order valence-corrected chi connectivity index (χ4v) is 3.68. The summed E-state index contributed by atoms with van der Waals surface area (Å²) < 4.78 is 5.24. The Morgan fingerprint density at radius 3 is 2.57 bits per heavy atom. The lowest BCUT2D eigenvalue weighted by Gasteiger charge is -2.19. The van der Waals surface area contributed by atoms with Gasteiger partial charge in [-0.3, -0.25) is 0 Å². The molecular formula is C17H22ClNOS. The van der Waals surface area contributed by atoms with Gasteiger partial charge in [-0.2, -0.15) is 0 Å². The summed E-state index contributed by atoms with van der Waals surface area (Å²) in [5.41, 5.74) is 2.44. The van der Waals surface area contributed by atoms with Crippen LogP contribution in [0.4, 0.5) is 0 Å². The number of rotatable bonds is 6. The highest BCUT2D eigenvalue weighted by Crippen LogP contribution is 2.35. The van der Waals surface area contributed by atoms with Gasteiger partial charge < -0.3 is 10.1 Å². The van der Waals surface area contributed by atoms with Gasteiger partial charge in [-0.15, -0.1) is 11.3 Å². The van der Waals surface area contributed by atoms with Crippen LogP contribution < -0.4 is 10.1 Å². The van der Waals surface area contributed by atoms with Crippen molar-refractivity contribution in [3.05, 3.63) is 50.2 Å². The second-order valence-electron chi connectivity index (χ2n) is 5.16. The minimum Gasteiger partial charge on any atom is -0.497 e. The van der Waals surface area contributed by atoms with Crippen LogP contribution in [0, 0.1) is 13.8 Å². The average Bonchev–Trinajstić information content (AvgIpc) is 2.80. The highest BCUT2D eigenvalue weighted by Gasteiger charge is 2.19. The summed E-state index contributed by atoms with van der Waals surface area (Å²) in [5, 5.41) is 4.35. The molecule has 1 atom stereocenters. The molecule has 0 aliphatic rings. The summed E-state index contributed by atoms with van der Waals surface area (Å²) in [7, 11) is 1.66. The van der Waals surface area contributed by atoms with E-state index in [2.05, 4.69) is 38.2 Å². The quantitative estimate of drug-likeness (QED) is 0.797. The molecular weight excluding hydrogens is 302 g/mol. The van der Waals surface area contributed by atoms with Crippen molar-refractivity contribution < 1.29 is 4.74 Å². The summed E-state index contributed by atoms with van der Waals surface area (Å²) in [4.78, 5) is 2.67. The van der Waals surface area contributed by atoms with Crippen LogP contribution in [0.25, 0.3) is 0 Å². The van der Waals surface area contributed by atoms with Crippen LogP contribution in [0.15, 0.2) is 24.3 Å². The maximum absolute atomic E-state index is 6.46. The summed E-state index contributed by atoms with van der Waals surface area (Å²) in [6, 6.07) is 8.30. The van der Waals surface area contributed by atoms with Crippen molar-refractivity contribution >= 4 is 22.9 Å². The average molecular weight is 324 g/mol. The molecule has 1 heterocycles. The molecule has 4 heteroatoms. The van der Waals surface area contributed by atoms with E-state index in [1.54, 1.807) is 7.11 Å². The van der Waals surface area contributed by atoms with E-state index in [1.165, 1.54) is 15.3 Å². The van der Waals surface area contributed by atoms with E-state index in [0.29, 0.717) is 0 Å². The first-order chi connectivity index (χ1) is 10.1. The Labute approximate surface area is 136 Å². The van der Waals surface area contributed by atoms with Gasteiger partial charge in [0.1, 0.15) is 5.75 Å². The molecule has 0 aliphatic heterocycles. The van der Waals surface area contributed by atoms with E-state index < -0.39 is 0 Å². The van der Waals surface area contributed by atoms with Gasteiger partial charge in [0.05, 0.1) is 13.2 Å². The topological polar surface area (TPSA) is 21.3 Å². The lowest BCUT2D eigenvalue weighted by Crippen LogP contribution is -2.22. The number of halogens is 1. The van der Waals surface area contributed by atoms with E-state index in [0.717, 1.165) is 29.3 Å². The van der Waals surface area contributed by atoms with Crippen molar-refractivity contribution in [2.24, 2.45) is 0 Å². The second kappa shape index (κ2) is 7.30. The molecule has 0 radical (unpaired) electrons. The Morgan fingerprint density at radius 2 is 2.05 bits per heavy atom. The highest BCUT2D eigenvalue weighted by atomic mass is 35.5. The van der Waals surface area contributed by atoms with Crippen molar-refractivity contribution in [3.8, 4) is 5.75 Å². The van der Waals surface area contributed by atoms with E-state index >= 15 is 0 Å². The van der Waals surface area contributed by atoms with Crippen molar-refractivity contribution in [1.29, 1.82) is 0 Å². The number of thiophene rings is 1. The van der Waals surface area contributed by atoms with Crippen LogP contribution in [0.1, 0.15) is 40.3 Å². The molecule has 0 aliphatic carbocycles. The molecule has 1 N–H and O–H groups in total. The Kier molecular flexibility index (Phi) is 5.68. The third-order valence-corrected chi connectivity index (χ3v) is 5.13. The smallest absolute Gasteiger partial charge is 0.120 e. The van der Waals surface area contributed by atoms with Gasteiger partial charge >= 0.3 is 0 Å². The predicted molar refractivity (Wildman–Crippen MR) is 91.9 cm³/mol. The number of hydrogen-bond donors (Lipinski definition) is 1. The summed E-state index contributed by atoms with van der Waals surface area (Å²) >= 11 is 8.30. The summed E-state index contributed by atoms with van der Waals surface area (Å²) in [6.45, 7) is 7.45. The van der Waals surface area contributed by atoms with Crippen molar-refractivity contribution in [3.63, 3.8) is 0 Å². The zero-order chi connectivity index (χ0) is 15.4. The monoisotopic (exact) mass is 323 g/mol. The molecule has 2 rings (SSSR count). The first kappa shape index (κ1) is 16.3. The highest BCUT2D eigenvalue weighted by molar-refractivity contribution is 7.12. The van der Waals surface area contributed by atoms with Crippen LogP contribution in [0.2, 0.25) is 5.02 Å². The van der Waals surface area contributed by atoms with Crippen molar-refractivity contribution in [1.82, 2.24) is 5.32 Å². The number of ether oxygens (including phenoxy) is 1. The first-order valence-electron chi connectivity index (χ1n) is 7.20. The SMILES string of the molecule is CCCNC(c1cc(C)c(C)s1)c1ccc(OC)cc1Cl. The molecule has 1 aromatic carbocycles. The third kappa shape index (κ3) is 3.79. The molecule has 0 bridgehead atoms. The van der Waals surface area contributed by atoms with Crippen LogP contribution in [0.5, 0.6) is 5.75 Å². The fraction of sp³-hybridized carbons (Fsp3) is 0.412. The third-order valence-electron chi connectivity index (χ3n) is 3.59. The number of aryl methyl sites for hydroxylation is 2. The maximum atomic E-state index is 6.46. The van der Waals surface area contributed by atoms with Crippen LogP contribution in [-0.4, -0.2) is 13.7 Å². The van der Waals surface area contributed by atoms with Gasteiger partial charge in [0, 0.05) is 14.8 Å². The number of nitrogens with one attached hydrogen (secondary N) is 1. The number of benzene rings is 1. The van der Waals surface area contributed by atoms with Gasteiger partial charge in [0.25, 0.3) is 0 Å². The Balaban J connectivity index is 2.40. The lowest BCUT2D eigenvalue weighted by molar-refractivity contribution is 0.414. The largest absolute Gasteiger partial charge is 0.497 e. The molecule has 0 spiro atoms. The van der Waals surface area contributed by atoms with Crippen molar-refractivity contribution in [2.45, 2.75) is 33.2 Å². The lowest BCUT2D eigenvalue weighted by atomic mass is 10.0. The fourth-order valence-electron chi connectivity index (χ4n) is 2.27. The zero-order valence-corrected chi connectivity index (χ0v) is 14.6. The van der Waals surface area contributed by atoms with E-state index in [-0.39, 0.29) is 6.04 Å². The molecule has 21 heavy (non-hydrogen) atoms. The van der Waals surface area contributed by atoms with Crippen LogP contribution >= 0.6 is 22.9 Å². The number of methoxy groups -OCH3 is 1. The van der Waals surface area contributed by atoms with Gasteiger partial charge in [-0.05, 0) is 56.1 Å². The van der Waals surface area contributed by atoms with Crippen LogP contribution in [-0.2, 0) is 0 Å². The Bertz CT molecular complexity index is 589. The molecule has 1 aromatic heterocycles.